The van der Waals surface area contributed by atoms with E-state index in [0.717, 1.165) is 16.7 Å². The molecule has 0 atom stereocenters. The van der Waals surface area contributed by atoms with Crippen molar-refractivity contribution in [2.75, 3.05) is 0 Å². The Kier molecular flexibility index (Phi) is 4.35. The van der Waals surface area contributed by atoms with E-state index < -0.39 is 0 Å². The maximum absolute atomic E-state index is 8.93. The Morgan fingerprint density at radius 3 is 2.33 bits per heavy atom. The van der Waals surface area contributed by atoms with Crippen LogP contribution >= 0.6 is 0 Å². The molecule has 1 heteroatoms. The average Bonchev–Trinajstić information content (AvgIpc) is 2.45. The van der Waals surface area contributed by atoms with Crippen molar-refractivity contribution in [3.05, 3.63) is 77.4 Å². The molecule has 0 aliphatic carbocycles. The van der Waals surface area contributed by atoms with E-state index in [1.165, 1.54) is 0 Å². The molecule has 0 aliphatic heterocycles. The number of aliphatic hydroxyl groups is 1. The van der Waals surface area contributed by atoms with Crippen molar-refractivity contribution in [3.8, 4) is 11.8 Å². The average molecular weight is 234 g/mol. The molecule has 1 nitrogen and oxygen atoms in total. The molecule has 2 aromatic carbocycles. The van der Waals surface area contributed by atoms with E-state index in [0.29, 0.717) is 0 Å². The third-order valence-electron chi connectivity index (χ3n) is 2.51. The second kappa shape index (κ2) is 6.44. The molecular formula is C17H14O. The highest BCUT2D eigenvalue weighted by Gasteiger charge is 1.88. The number of allylic oxidation sites excluding steroid dienone is 1. The monoisotopic (exact) mass is 234 g/mol. The van der Waals surface area contributed by atoms with Crippen molar-refractivity contribution in [2.24, 2.45) is 0 Å². The Labute approximate surface area is 107 Å². The first kappa shape index (κ1) is 12.2. The molecule has 0 saturated heterocycles. The van der Waals surface area contributed by atoms with E-state index >= 15 is 0 Å². The van der Waals surface area contributed by atoms with Gasteiger partial charge >= 0.3 is 0 Å². The summed E-state index contributed by atoms with van der Waals surface area (Å²) in [6.45, 7) is 0.0812. The van der Waals surface area contributed by atoms with Crippen LogP contribution in [0.2, 0.25) is 0 Å². The van der Waals surface area contributed by atoms with Gasteiger partial charge in [-0.25, -0.2) is 0 Å². The molecule has 0 bridgehead atoms. The van der Waals surface area contributed by atoms with Gasteiger partial charge in [0.1, 0.15) is 0 Å². The molecule has 0 saturated carbocycles. The van der Waals surface area contributed by atoms with Crippen molar-refractivity contribution in [1.82, 2.24) is 0 Å². The van der Waals surface area contributed by atoms with E-state index in [2.05, 4.69) is 11.8 Å². The molecule has 2 rings (SSSR count). The van der Waals surface area contributed by atoms with Gasteiger partial charge in [0, 0.05) is 5.56 Å². The largest absolute Gasteiger partial charge is 0.392 e. The van der Waals surface area contributed by atoms with Crippen molar-refractivity contribution in [3.63, 3.8) is 0 Å². The Hall–Kier alpha value is -2.30. The van der Waals surface area contributed by atoms with Crippen LogP contribution in [0.3, 0.4) is 0 Å². The Morgan fingerprint density at radius 2 is 1.67 bits per heavy atom. The lowest BCUT2D eigenvalue weighted by molar-refractivity contribution is 0.282. The lowest BCUT2D eigenvalue weighted by Gasteiger charge is -1.95. The van der Waals surface area contributed by atoms with E-state index in [1.807, 2.05) is 66.7 Å². The van der Waals surface area contributed by atoms with Gasteiger partial charge in [-0.1, -0.05) is 54.3 Å². The summed E-state index contributed by atoms with van der Waals surface area (Å²) < 4.78 is 0. The first-order chi connectivity index (χ1) is 8.88. The zero-order valence-electron chi connectivity index (χ0n) is 10.0. The number of hydrogen-bond donors (Lipinski definition) is 1. The van der Waals surface area contributed by atoms with Crippen LogP contribution in [0.4, 0.5) is 0 Å². The maximum atomic E-state index is 8.93. The molecule has 0 amide bonds. The van der Waals surface area contributed by atoms with E-state index in [9.17, 15) is 0 Å². The number of hydrogen-bond acceptors (Lipinski definition) is 1. The minimum Gasteiger partial charge on any atom is -0.392 e. The normalized spacial score (nSPS) is 10.1. The van der Waals surface area contributed by atoms with Gasteiger partial charge in [-0.2, -0.15) is 0 Å². The van der Waals surface area contributed by atoms with Crippen LogP contribution in [-0.4, -0.2) is 5.11 Å². The summed E-state index contributed by atoms with van der Waals surface area (Å²) in [6.07, 6.45) is 3.79. The lowest BCUT2D eigenvalue weighted by Crippen LogP contribution is -1.81. The summed E-state index contributed by atoms with van der Waals surface area (Å²) in [7, 11) is 0. The van der Waals surface area contributed by atoms with Crippen LogP contribution in [-0.2, 0) is 6.61 Å². The van der Waals surface area contributed by atoms with Gasteiger partial charge in [-0.15, -0.1) is 0 Å². The zero-order valence-corrected chi connectivity index (χ0v) is 10.0. The third kappa shape index (κ3) is 3.62. The van der Waals surface area contributed by atoms with Crippen LogP contribution in [0.1, 0.15) is 16.7 Å². The molecule has 0 unspecified atom stereocenters. The lowest BCUT2D eigenvalue weighted by atomic mass is 10.1. The molecule has 0 spiro atoms. The first-order valence-corrected chi connectivity index (χ1v) is 5.81. The molecule has 0 aliphatic rings. The van der Waals surface area contributed by atoms with Gasteiger partial charge < -0.3 is 5.11 Å². The van der Waals surface area contributed by atoms with E-state index in [4.69, 9.17) is 5.11 Å². The van der Waals surface area contributed by atoms with Gasteiger partial charge in [-0.3, -0.25) is 0 Å². The first-order valence-electron chi connectivity index (χ1n) is 5.81. The van der Waals surface area contributed by atoms with Crippen molar-refractivity contribution < 1.29 is 5.11 Å². The SMILES string of the molecule is OCc1ccc(/C=C/C#Cc2ccccc2)cc1. The number of benzene rings is 2. The topological polar surface area (TPSA) is 20.2 Å². The maximum Gasteiger partial charge on any atom is 0.0681 e. The van der Waals surface area contributed by atoms with Crippen molar-refractivity contribution in [1.29, 1.82) is 0 Å². The van der Waals surface area contributed by atoms with Crippen molar-refractivity contribution >= 4 is 6.08 Å². The number of aliphatic hydroxyl groups excluding tert-OH is 1. The second-order valence-corrected chi connectivity index (χ2v) is 3.87. The fourth-order valence-electron chi connectivity index (χ4n) is 1.52. The Morgan fingerprint density at radius 1 is 0.944 bits per heavy atom. The molecule has 18 heavy (non-hydrogen) atoms. The predicted molar refractivity (Wildman–Crippen MR) is 74.7 cm³/mol. The van der Waals surface area contributed by atoms with Gasteiger partial charge in [0.05, 0.1) is 6.61 Å². The molecule has 88 valence electrons. The molecule has 2 aromatic rings. The molecular weight excluding hydrogens is 220 g/mol. The van der Waals surface area contributed by atoms with Crippen LogP contribution in [0, 0.1) is 11.8 Å². The van der Waals surface area contributed by atoms with Gasteiger partial charge in [0.15, 0.2) is 0 Å². The summed E-state index contributed by atoms with van der Waals surface area (Å²) in [6, 6.07) is 17.6. The molecule has 0 radical (unpaired) electrons. The van der Waals surface area contributed by atoms with Crippen molar-refractivity contribution in [2.45, 2.75) is 6.61 Å². The molecule has 0 aromatic heterocycles. The Bertz CT molecular complexity index is 569. The smallest absolute Gasteiger partial charge is 0.0681 e. The highest BCUT2D eigenvalue weighted by atomic mass is 16.3. The minimum absolute atomic E-state index is 0.0812. The summed E-state index contributed by atoms with van der Waals surface area (Å²) in [4.78, 5) is 0. The summed E-state index contributed by atoms with van der Waals surface area (Å²) in [5.41, 5.74) is 3.01. The molecule has 0 heterocycles. The van der Waals surface area contributed by atoms with Gasteiger partial charge in [0.25, 0.3) is 0 Å². The van der Waals surface area contributed by atoms with Crippen LogP contribution in [0.15, 0.2) is 60.7 Å². The molecule has 1 N–H and O–H groups in total. The minimum atomic E-state index is 0.0812. The predicted octanol–water partition coefficient (Wildman–Crippen LogP) is 3.24. The standard InChI is InChI=1S/C17H14O/c18-14-17-12-10-16(11-13-17)9-5-4-8-15-6-2-1-3-7-15/h1-3,5-7,9-13,18H,14H2/b9-5+. The zero-order chi connectivity index (χ0) is 12.6. The van der Waals surface area contributed by atoms with E-state index in [-0.39, 0.29) is 6.61 Å². The highest BCUT2D eigenvalue weighted by Crippen LogP contribution is 2.05. The van der Waals surface area contributed by atoms with Gasteiger partial charge in [0.2, 0.25) is 0 Å². The summed E-state index contributed by atoms with van der Waals surface area (Å²) >= 11 is 0. The van der Waals surface area contributed by atoms with Crippen LogP contribution in [0.5, 0.6) is 0 Å². The second-order valence-electron chi connectivity index (χ2n) is 3.87. The summed E-state index contributed by atoms with van der Waals surface area (Å²) in [5, 5.41) is 8.93. The van der Waals surface area contributed by atoms with E-state index in [1.54, 1.807) is 0 Å². The molecule has 0 fully saturated rings. The fourth-order valence-corrected chi connectivity index (χ4v) is 1.52. The van der Waals surface area contributed by atoms with Crippen LogP contribution < -0.4 is 0 Å². The number of rotatable bonds is 2. The Balaban J connectivity index is 2.01. The fraction of sp³-hybridized carbons (Fsp3) is 0.0588. The third-order valence-corrected chi connectivity index (χ3v) is 2.51. The van der Waals surface area contributed by atoms with Gasteiger partial charge in [-0.05, 0) is 35.4 Å². The van der Waals surface area contributed by atoms with Crippen LogP contribution in [0.25, 0.3) is 6.08 Å². The summed E-state index contributed by atoms with van der Waals surface area (Å²) in [5.74, 6) is 6.06. The quantitative estimate of drug-likeness (QED) is 0.791. The highest BCUT2D eigenvalue weighted by molar-refractivity contribution is 5.54.